The van der Waals surface area contributed by atoms with Gasteiger partial charge in [-0.3, -0.25) is 19.3 Å². The summed E-state index contributed by atoms with van der Waals surface area (Å²) >= 11 is 0. The van der Waals surface area contributed by atoms with Crippen LogP contribution in [0.3, 0.4) is 0 Å². The first-order chi connectivity index (χ1) is 8.54. The fourth-order valence-corrected chi connectivity index (χ4v) is 1.94. The Kier molecular flexibility index (Phi) is 3.14. The Bertz CT molecular complexity index is 537. The van der Waals surface area contributed by atoms with Crippen LogP contribution in [-0.4, -0.2) is 35.7 Å². The number of hydrogen-bond acceptors (Lipinski definition) is 3. The molecule has 0 fully saturated rings. The third kappa shape index (κ3) is 1.99. The summed E-state index contributed by atoms with van der Waals surface area (Å²) in [6, 6.07) is 5.08. The number of imide groups is 1. The summed E-state index contributed by atoms with van der Waals surface area (Å²) < 4.78 is 0. The number of nitrogens with one attached hydrogen (secondary N) is 1. The average molecular weight is 246 g/mol. The van der Waals surface area contributed by atoms with Crippen molar-refractivity contribution in [1.29, 1.82) is 0 Å². The molecule has 18 heavy (non-hydrogen) atoms. The Balaban J connectivity index is 2.26. The predicted molar refractivity (Wildman–Crippen MR) is 65.2 cm³/mol. The van der Waals surface area contributed by atoms with Crippen molar-refractivity contribution in [2.45, 2.75) is 13.8 Å². The number of amides is 3. The van der Waals surface area contributed by atoms with E-state index in [1.807, 2.05) is 6.92 Å². The van der Waals surface area contributed by atoms with Gasteiger partial charge in [-0.15, -0.1) is 0 Å². The van der Waals surface area contributed by atoms with E-state index >= 15 is 0 Å². The molecule has 0 aromatic heterocycles. The molecule has 1 aliphatic rings. The van der Waals surface area contributed by atoms with Gasteiger partial charge in [0.2, 0.25) is 5.91 Å². The molecule has 0 atom stereocenters. The van der Waals surface area contributed by atoms with Gasteiger partial charge in [0, 0.05) is 6.54 Å². The van der Waals surface area contributed by atoms with Gasteiger partial charge in [0.05, 0.1) is 11.1 Å². The fourth-order valence-electron chi connectivity index (χ4n) is 1.94. The lowest BCUT2D eigenvalue weighted by Crippen LogP contribution is -2.40. The van der Waals surface area contributed by atoms with Gasteiger partial charge in [-0.2, -0.15) is 0 Å². The van der Waals surface area contributed by atoms with Crippen molar-refractivity contribution in [3.05, 3.63) is 34.9 Å². The highest BCUT2D eigenvalue weighted by Crippen LogP contribution is 2.23. The highest BCUT2D eigenvalue weighted by Gasteiger charge is 2.36. The van der Waals surface area contributed by atoms with Crippen LogP contribution in [0.2, 0.25) is 0 Å². The number of rotatable bonds is 3. The zero-order valence-electron chi connectivity index (χ0n) is 10.3. The molecule has 0 spiro atoms. The Morgan fingerprint density at radius 1 is 1.22 bits per heavy atom. The van der Waals surface area contributed by atoms with Crippen LogP contribution in [0.4, 0.5) is 0 Å². The van der Waals surface area contributed by atoms with Crippen LogP contribution in [0.1, 0.15) is 33.2 Å². The standard InChI is InChI=1S/C13H14N2O3/c1-3-14-11(16)7-15-12(17)9-5-4-8(2)6-10(9)13(15)18/h4-6H,3,7H2,1-2H3,(H,14,16). The molecule has 0 unspecified atom stereocenters. The van der Waals surface area contributed by atoms with Gasteiger partial charge < -0.3 is 5.32 Å². The van der Waals surface area contributed by atoms with Crippen molar-refractivity contribution in [1.82, 2.24) is 10.2 Å². The molecule has 0 saturated heterocycles. The van der Waals surface area contributed by atoms with Crippen LogP contribution in [0, 0.1) is 6.92 Å². The minimum absolute atomic E-state index is 0.223. The molecule has 94 valence electrons. The summed E-state index contributed by atoms with van der Waals surface area (Å²) in [6.45, 7) is 3.88. The van der Waals surface area contributed by atoms with Gasteiger partial charge in [-0.05, 0) is 26.0 Å². The second-order valence-electron chi connectivity index (χ2n) is 4.20. The van der Waals surface area contributed by atoms with E-state index in [0.717, 1.165) is 10.5 Å². The summed E-state index contributed by atoms with van der Waals surface area (Å²) in [4.78, 5) is 36.4. The smallest absolute Gasteiger partial charge is 0.262 e. The Morgan fingerprint density at radius 3 is 2.56 bits per heavy atom. The molecular formula is C13H14N2O3. The molecule has 2 rings (SSSR count). The van der Waals surface area contributed by atoms with E-state index in [1.165, 1.54) is 0 Å². The number of carbonyl (C=O) groups excluding carboxylic acids is 3. The second kappa shape index (κ2) is 4.60. The van der Waals surface area contributed by atoms with Crippen molar-refractivity contribution < 1.29 is 14.4 Å². The maximum atomic E-state index is 12.0. The number of fused-ring (bicyclic) bond motifs is 1. The number of hydrogen-bond donors (Lipinski definition) is 1. The zero-order valence-corrected chi connectivity index (χ0v) is 10.3. The van der Waals surface area contributed by atoms with Crippen LogP contribution in [0.25, 0.3) is 0 Å². The highest BCUT2D eigenvalue weighted by molar-refractivity contribution is 6.22. The topological polar surface area (TPSA) is 66.5 Å². The number of benzene rings is 1. The second-order valence-corrected chi connectivity index (χ2v) is 4.20. The van der Waals surface area contributed by atoms with Crippen LogP contribution in [-0.2, 0) is 4.79 Å². The lowest BCUT2D eigenvalue weighted by molar-refractivity contribution is -0.121. The molecule has 5 heteroatoms. The van der Waals surface area contributed by atoms with Crippen LogP contribution in [0.5, 0.6) is 0 Å². The van der Waals surface area contributed by atoms with E-state index in [9.17, 15) is 14.4 Å². The van der Waals surface area contributed by atoms with Gasteiger partial charge in [0.15, 0.2) is 0 Å². The quantitative estimate of drug-likeness (QED) is 0.799. The zero-order chi connectivity index (χ0) is 13.3. The third-order valence-corrected chi connectivity index (χ3v) is 2.80. The normalized spacial score (nSPS) is 13.8. The van der Waals surface area contributed by atoms with Crippen molar-refractivity contribution in [3.8, 4) is 0 Å². The molecule has 0 saturated carbocycles. The number of likely N-dealkylation sites (N-methyl/N-ethyl adjacent to an activating group) is 1. The largest absolute Gasteiger partial charge is 0.355 e. The van der Waals surface area contributed by atoms with E-state index in [1.54, 1.807) is 25.1 Å². The average Bonchev–Trinajstić information content (AvgIpc) is 2.55. The molecule has 1 aromatic rings. The molecule has 0 radical (unpaired) electrons. The maximum absolute atomic E-state index is 12.0. The number of aryl methyl sites for hydroxylation is 1. The highest BCUT2D eigenvalue weighted by atomic mass is 16.2. The first-order valence-electron chi connectivity index (χ1n) is 5.78. The maximum Gasteiger partial charge on any atom is 0.262 e. The summed E-state index contributed by atoms with van der Waals surface area (Å²) in [5, 5.41) is 2.57. The Labute approximate surface area is 105 Å². The molecule has 1 heterocycles. The van der Waals surface area contributed by atoms with E-state index in [4.69, 9.17) is 0 Å². The van der Waals surface area contributed by atoms with Crippen molar-refractivity contribution >= 4 is 17.7 Å². The van der Waals surface area contributed by atoms with Crippen molar-refractivity contribution in [2.24, 2.45) is 0 Å². The molecule has 5 nitrogen and oxygen atoms in total. The molecule has 1 aromatic carbocycles. The third-order valence-electron chi connectivity index (χ3n) is 2.80. The summed E-state index contributed by atoms with van der Waals surface area (Å²) in [6.07, 6.45) is 0. The Hall–Kier alpha value is -2.17. The SMILES string of the molecule is CCNC(=O)CN1C(=O)c2ccc(C)cc2C1=O. The summed E-state index contributed by atoms with van der Waals surface area (Å²) in [5.74, 6) is -1.13. The van der Waals surface area contributed by atoms with Crippen molar-refractivity contribution in [2.75, 3.05) is 13.1 Å². The van der Waals surface area contributed by atoms with Gasteiger partial charge in [0.1, 0.15) is 6.54 Å². The number of carbonyl (C=O) groups is 3. The molecular weight excluding hydrogens is 232 g/mol. The predicted octanol–water partition coefficient (Wildman–Crippen LogP) is 0.727. The molecule has 1 aliphatic heterocycles. The van der Waals surface area contributed by atoms with Crippen LogP contribution >= 0.6 is 0 Å². The summed E-state index contributed by atoms with van der Waals surface area (Å²) in [5.41, 5.74) is 1.66. The van der Waals surface area contributed by atoms with Gasteiger partial charge >= 0.3 is 0 Å². The van der Waals surface area contributed by atoms with Crippen LogP contribution in [0.15, 0.2) is 18.2 Å². The lowest BCUT2D eigenvalue weighted by atomic mass is 10.1. The lowest BCUT2D eigenvalue weighted by Gasteiger charge is -2.12. The molecule has 1 N–H and O–H groups in total. The van der Waals surface area contributed by atoms with Gasteiger partial charge in [-0.25, -0.2) is 0 Å². The first-order valence-corrected chi connectivity index (χ1v) is 5.78. The van der Waals surface area contributed by atoms with E-state index in [2.05, 4.69) is 5.32 Å². The molecule has 0 aliphatic carbocycles. The molecule has 3 amide bonds. The number of nitrogens with zero attached hydrogens (tertiary/aromatic N) is 1. The Morgan fingerprint density at radius 2 is 1.89 bits per heavy atom. The summed E-state index contributed by atoms with van der Waals surface area (Å²) in [7, 11) is 0. The molecule has 0 bridgehead atoms. The minimum atomic E-state index is -0.402. The van der Waals surface area contributed by atoms with E-state index in [0.29, 0.717) is 17.7 Å². The van der Waals surface area contributed by atoms with Gasteiger partial charge in [-0.1, -0.05) is 11.6 Å². The minimum Gasteiger partial charge on any atom is -0.355 e. The van der Waals surface area contributed by atoms with Gasteiger partial charge in [0.25, 0.3) is 11.8 Å². The van der Waals surface area contributed by atoms with Crippen molar-refractivity contribution in [3.63, 3.8) is 0 Å². The monoisotopic (exact) mass is 246 g/mol. The fraction of sp³-hybridized carbons (Fsp3) is 0.308. The first kappa shape index (κ1) is 12.3. The van der Waals surface area contributed by atoms with E-state index in [-0.39, 0.29) is 12.5 Å². The van der Waals surface area contributed by atoms with Crippen LogP contribution < -0.4 is 5.32 Å². The van der Waals surface area contributed by atoms with E-state index < -0.39 is 11.8 Å².